The number of carbonyl (C=O) groups is 2. The van der Waals surface area contributed by atoms with Gasteiger partial charge in [0.2, 0.25) is 0 Å². The normalized spacial score (nSPS) is 9.95. The fourth-order valence-corrected chi connectivity index (χ4v) is 1.57. The summed E-state index contributed by atoms with van der Waals surface area (Å²) in [5.74, 6) is -1.91. The zero-order chi connectivity index (χ0) is 15.2. The molecule has 2 aromatic rings. The Morgan fingerprint density at radius 3 is 2.76 bits per heavy atom. The van der Waals surface area contributed by atoms with Crippen LogP contribution in [0.15, 0.2) is 36.8 Å². The highest BCUT2D eigenvalue weighted by atomic mass is 19.1. The second-order valence-corrected chi connectivity index (χ2v) is 4.00. The van der Waals surface area contributed by atoms with E-state index in [9.17, 15) is 14.0 Å². The number of rotatable bonds is 4. The summed E-state index contributed by atoms with van der Waals surface area (Å²) in [6.07, 6.45) is 2.86. The van der Waals surface area contributed by atoms with Gasteiger partial charge >= 0.3 is 12.0 Å². The molecule has 0 aliphatic rings. The molecule has 0 fully saturated rings. The Bertz CT molecular complexity index is 664. The second kappa shape index (κ2) is 6.42. The number of benzene rings is 1. The lowest BCUT2D eigenvalue weighted by Gasteiger charge is -2.09. The van der Waals surface area contributed by atoms with Crippen LogP contribution in [-0.2, 0) is 6.54 Å². The minimum atomic E-state index is -1.26. The molecular formula is C13H11FN4O3. The van der Waals surface area contributed by atoms with Gasteiger partial charge in [-0.3, -0.25) is 0 Å². The summed E-state index contributed by atoms with van der Waals surface area (Å²) in [7, 11) is 0. The average molecular weight is 290 g/mol. The maximum Gasteiger partial charge on any atom is 0.337 e. The fourth-order valence-electron chi connectivity index (χ4n) is 1.57. The van der Waals surface area contributed by atoms with E-state index < -0.39 is 17.8 Å². The summed E-state index contributed by atoms with van der Waals surface area (Å²) in [6.45, 7) is 0.131. The number of aromatic nitrogens is 2. The van der Waals surface area contributed by atoms with Gasteiger partial charge in [-0.15, -0.1) is 0 Å². The van der Waals surface area contributed by atoms with Crippen LogP contribution in [0.5, 0.6) is 0 Å². The van der Waals surface area contributed by atoms with Gasteiger partial charge in [0.1, 0.15) is 12.1 Å². The van der Waals surface area contributed by atoms with Crippen molar-refractivity contribution in [1.29, 1.82) is 0 Å². The lowest BCUT2D eigenvalue weighted by molar-refractivity contribution is 0.0698. The number of urea groups is 1. The third kappa shape index (κ3) is 3.96. The van der Waals surface area contributed by atoms with Crippen LogP contribution in [0.2, 0.25) is 0 Å². The van der Waals surface area contributed by atoms with Crippen molar-refractivity contribution in [2.75, 3.05) is 5.32 Å². The van der Waals surface area contributed by atoms with E-state index in [2.05, 4.69) is 20.6 Å². The minimum absolute atomic E-state index is 0.123. The van der Waals surface area contributed by atoms with Crippen molar-refractivity contribution >= 4 is 17.7 Å². The van der Waals surface area contributed by atoms with Crippen molar-refractivity contribution in [3.05, 3.63) is 53.9 Å². The lowest BCUT2D eigenvalue weighted by atomic mass is 10.2. The van der Waals surface area contributed by atoms with E-state index in [1.807, 2.05) is 0 Å². The minimum Gasteiger partial charge on any atom is -0.478 e. The van der Waals surface area contributed by atoms with Crippen LogP contribution in [0.25, 0.3) is 0 Å². The van der Waals surface area contributed by atoms with Crippen LogP contribution < -0.4 is 10.6 Å². The number of nitrogens with one attached hydrogen (secondary N) is 2. The molecule has 8 heteroatoms. The molecule has 0 unspecified atom stereocenters. The van der Waals surface area contributed by atoms with E-state index >= 15 is 0 Å². The number of anilines is 1. The highest BCUT2D eigenvalue weighted by molar-refractivity contribution is 5.99. The molecule has 0 atom stereocenters. The highest BCUT2D eigenvalue weighted by Crippen LogP contribution is 2.17. The molecular weight excluding hydrogens is 279 g/mol. The first-order valence-corrected chi connectivity index (χ1v) is 5.89. The molecule has 2 amide bonds. The molecule has 1 aromatic heterocycles. The van der Waals surface area contributed by atoms with Crippen molar-refractivity contribution in [3.63, 3.8) is 0 Å². The van der Waals surface area contributed by atoms with Crippen LogP contribution in [0.4, 0.5) is 14.9 Å². The van der Waals surface area contributed by atoms with Gasteiger partial charge in [-0.05, 0) is 24.3 Å². The molecule has 0 saturated heterocycles. The predicted octanol–water partition coefficient (Wildman–Crippen LogP) is 1.64. The molecule has 0 aliphatic carbocycles. The van der Waals surface area contributed by atoms with E-state index in [1.54, 1.807) is 6.07 Å². The highest BCUT2D eigenvalue weighted by Gasteiger charge is 2.13. The van der Waals surface area contributed by atoms with Gasteiger partial charge in [0.25, 0.3) is 0 Å². The maximum absolute atomic E-state index is 13.1. The van der Waals surface area contributed by atoms with Crippen molar-refractivity contribution in [1.82, 2.24) is 15.3 Å². The molecule has 1 aromatic carbocycles. The average Bonchev–Trinajstić information content (AvgIpc) is 2.46. The van der Waals surface area contributed by atoms with Crippen LogP contribution in [-0.4, -0.2) is 27.1 Å². The summed E-state index contributed by atoms with van der Waals surface area (Å²) >= 11 is 0. The molecule has 7 nitrogen and oxygen atoms in total. The van der Waals surface area contributed by atoms with Gasteiger partial charge in [-0.25, -0.2) is 23.9 Å². The Kier molecular flexibility index (Phi) is 4.39. The second-order valence-electron chi connectivity index (χ2n) is 4.00. The van der Waals surface area contributed by atoms with Gasteiger partial charge in [-0.1, -0.05) is 0 Å². The Labute approximate surface area is 118 Å². The third-order valence-electron chi connectivity index (χ3n) is 2.53. The van der Waals surface area contributed by atoms with Crippen molar-refractivity contribution in [2.45, 2.75) is 6.54 Å². The third-order valence-corrected chi connectivity index (χ3v) is 2.53. The summed E-state index contributed by atoms with van der Waals surface area (Å²) in [5, 5.41) is 13.7. The van der Waals surface area contributed by atoms with Crippen molar-refractivity contribution in [2.24, 2.45) is 0 Å². The van der Waals surface area contributed by atoms with E-state index in [0.29, 0.717) is 5.69 Å². The van der Waals surface area contributed by atoms with Crippen LogP contribution in [0.1, 0.15) is 16.1 Å². The molecule has 108 valence electrons. The predicted molar refractivity (Wildman–Crippen MR) is 71.2 cm³/mol. The Morgan fingerprint density at radius 1 is 1.29 bits per heavy atom. The lowest BCUT2D eigenvalue weighted by Crippen LogP contribution is -2.29. The zero-order valence-corrected chi connectivity index (χ0v) is 10.7. The Balaban J connectivity index is 2.02. The fraction of sp³-hybridized carbons (Fsp3) is 0.0769. The van der Waals surface area contributed by atoms with E-state index in [4.69, 9.17) is 5.11 Å². The molecule has 0 saturated carbocycles. The SMILES string of the molecule is O=C(NCc1ccncn1)Nc1cc(F)ccc1C(=O)O. The molecule has 0 aliphatic heterocycles. The molecule has 0 bridgehead atoms. The van der Waals surface area contributed by atoms with Crippen LogP contribution in [0.3, 0.4) is 0 Å². The number of halogens is 1. The standard InChI is InChI=1S/C13H11FN4O3/c14-8-1-2-10(12(19)20)11(5-8)18-13(21)16-6-9-3-4-15-7-17-9/h1-5,7H,6H2,(H,19,20)(H2,16,18,21). The summed E-state index contributed by atoms with van der Waals surface area (Å²) in [5.41, 5.74) is 0.258. The largest absolute Gasteiger partial charge is 0.478 e. The first-order valence-electron chi connectivity index (χ1n) is 5.89. The maximum atomic E-state index is 13.1. The number of nitrogens with zero attached hydrogens (tertiary/aromatic N) is 2. The number of carboxylic acid groups (broad SMARTS) is 1. The number of amides is 2. The summed E-state index contributed by atoms with van der Waals surface area (Å²) in [4.78, 5) is 30.3. The number of aromatic carboxylic acids is 1. The van der Waals surface area contributed by atoms with Gasteiger partial charge < -0.3 is 15.7 Å². The Morgan fingerprint density at radius 2 is 2.10 bits per heavy atom. The van der Waals surface area contributed by atoms with Gasteiger partial charge in [0.05, 0.1) is 23.5 Å². The monoisotopic (exact) mass is 290 g/mol. The number of hydrogen-bond acceptors (Lipinski definition) is 4. The van der Waals surface area contributed by atoms with Crippen LogP contribution in [0, 0.1) is 5.82 Å². The Hall–Kier alpha value is -3.03. The van der Waals surface area contributed by atoms with Crippen molar-refractivity contribution in [3.8, 4) is 0 Å². The summed E-state index contributed by atoms with van der Waals surface area (Å²) < 4.78 is 13.1. The topological polar surface area (TPSA) is 104 Å². The molecule has 0 spiro atoms. The van der Waals surface area contributed by atoms with E-state index in [-0.39, 0.29) is 17.8 Å². The zero-order valence-electron chi connectivity index (χ0n) is 10.7. The molecule has 2 rings (SSSR count). The van der Waals surface area contributed by atoms with Gasteiger partial charge in [0, 0.05) is 6.20 Å². The molecule has 21 heavy (non-hydrogen) atoms. The summed E-state index contributed by atoms with van der Waals surface area (Å²) in [6, 6.07) is 3.98. The van der Waals surface area contributed by atoms with Crippen molar-refractivity contribution < 1.29 is 19.1 Å². The quantitative estimate of drug-likeness (QED) is 0.794. The van der Waals surface area contributed by atoms with Gasteiger partial charge in [0.15, 0.2) is 0 Å². The molecule has 3 N–H and O–H groups in total. The molecule has 0 radical (unpaired) electrons. The van der Waals surface area contributed by atoms with Crippen LogP contribution >= 0.6 is 0 Å². The first-order chi connectivity index (χ1) is 10.1. The number of hydrogen-bond donors (Lipinski definition) is 3. The number of carbonyl (C=O) groups excluding carboxylic acids is 1. The molecule has 1 heterocycles. The first kappa shape index (κ1) is 14.4. The van der Waals surface area contributed by atoms with E-state index in [0.717, 1.165) is 18.2 Å². The van der Waals surface area contributed by atoms with E-state index in [1.165, 1.54) is 12.5 Å². The smallest absolute Gasteiger partial charge is 0.337 e. The number of carboxylic acids is 1. The van der Waals surface area contributed by atoms with Gasteiger partial charge in [-0.2, -0.15) is 0 Å².